The molecule has 1 unspecified atom stereocenters. The predicted octanol–water partition coefficient (Wildman–Crippen LogP) is 0.830. The first-order chi connectivity index (χ1) is 8.89. The van der Waals surface area contributed by atoms with Gasteiger partial charge in [0.05, 0.1) is 13.2 Å². The summed E-state index contributed by atoms with van der Waals surface area (Å²) in [7, 11) is 1.27. The Kier molecular flexibility index (Phi) is 3.34. The molecule has 2 atom stereocenters. The minimum absolute atomic E-state index is 0.0685. The van der Waals surface area contributed by atoms with Crippen LogP contribution in [-0.4, -0.2) is 46.8 Å². The zero-order chi connectivity index (χ0) is 14.4. The minimum atomic E-state index is -1.18. The van der Waals surface area contributed by atoms with Crippen molar-refractivity contribution < 1.29 is 24.2 Å². The van der Waals surface area contributed by atoms with E-state index in [2.05, 4.69) is 0 Å². The molecule has 2 rings (SSSR count). The summed E-state index contributed by atoms with van der Waals surface area (Å²) in [6.45, 7) is 3.52. The number of carbonyl (C=O) groups is 3. The third kappa shape index (κ3) is 1.68. The fraction of sp³-hybridized carbons (Fsp3) is 0.583. The van der Waals surface area contributed by atoms with Gasteiger partial charge in [0, 0.05) is 11.3 Å². The smallest absolute Gasteiger partial charge is 0.353 e. The molecule has 0 aliphatic carbocycles. The molecule has 1 amide bonds. The highest BCUT2D eigenvalue weighted by atomic mass is 32.2. The van der Waals surface area contributed by atoms with E-state index in [1.54, 1.807) is 6.92 Å². The Labute approximate surface area is 114 Å². The van der Waals surface area contributed by atoms with E-state index in [9.17, 15) is 19.5 Å². The van der Waals surface area contributed by atoms with Crippen molar-refractivity contribution in [2.45, 2.75) is 26.3 Å². The number of methoxy groups -OCH3 is 1. The first-order valence-corrected chi connectivity index (χ1v) is 6.89. The Morgan fingerprint density at radius 2 is 2.21 bits per heavy atom. The van der Waals surface area contributed by atoms with Crippen LogP contribution in [0.3, 0.4) is 0 Å². The maximum absolute atomic E-state index is 12.1. The number of carboxylic acid groups (broad SMARTS) is 1. The van der Waals surface area contributed by atoms with Crippen molar-refractivity contribution in [2.75, 3.05) is 12.9 Å². The molecule has 6 nitrogen and oxygen atoms in total. The average Bonchev–Trinajstić information content (AvgIpc) is 2.56. The fourth-order valence-electron chi connectivity index (χ4n) is 2.67. The molecule has 0 spiro atoms. The van der Waals surface area contributed by atoms with Crippen LogP contribution in [0.2, 0.25) is 0 Å². The monoisotopic (exact) mass is 285 g/mol. The molecular formula is C12H15NO5S. The van der Waals surface area contributed by atoms with Crippen LogP contribution in [-0.2, 0) is 19.1 Å². The van der Waals surface area contributed by atoms with Crippen LogP contribution >= 0.6 is 11.8 Å². The molecule has 1 fully saturated rings. The lowest BCUT2D eigenvalue weighted by molar-refractivity contribution is -0.160. The number of hydrogen-bond acceptors (Lipinski definition) is 5. The van der Waals surface area contributed by atoms with Crippen molar-refractivity contribution in [1.29, 1.82) is 0 Å². The Morgan fingerprint density at radius 1 is 1.58 bits per heavy atom. The molecule has 0 saturated carbocycles. The molecule has 104 valence electrons. The van der Waals surface area contributed by atoms with Gasteiger partial charge in [0.25, 0.3) is 0 Å². The number of ether oxygens (including phenoxy) is 1. The summed E-state index contributed by atoms with van der Waals surface area (Å²) in [6.07, 6.45) is 0.177. The lowest BCUT2D eigenvalue weighted by atomic mass is 9.78. The minimum Gasteiger partial charge on any atom is -0.477 e. The van der Waals surface area contributed by atoms with Gasteiger partial charge in [-0.1, -0.05) is 6.92 Å². The van der Waals surface area contributed by atoms with Gasteiger partial charge in [-0.25, -0.2) is 4.79 Å². The van der Waals surface area contributed by atoms with Crippen LogP contribution in [0.5, 0.6) is 0 Å². The van der Waals surface area contributed by atoms with Crippen molar-refractivity contribution in [1.82, 2.24) is 4.90 Å². The highest BCUT2D eigenvalue weighted by Gasteiger charge is 2.63. The van der Waals surface area contributed by atoms with Gasteiger partial charge in [0.15, 0.2) is 0 Å². The van der Waals surface area contributed by atoms with E-state index in [0.29, 0.717) is 10.7 Å². The van der Waals surface area contributed by atoms with Crippen LogP contribution in [0.4, 0.5) is 0 Å². The van der Waals surface area contributed by atoms with Gasteiger partial charge < -0.3 is 14.7 Å². The first kappa shape index (κ1) is 13.9. The van der Waals surface area contributed by atoms with Crippen LogP contribution in [0, 0.1) is 5.41 Å². The van der Waals surface area contributed by atoms with Gasteiger partial charge in [-0.05, 0) is 12.7 Å². The summed E-state index contributed by atoms with van der Waals surface area (Å²) in [5.41, 5.74) is -1.14. The number of nitrogens with zero attached hydrogens (tertiary/aromatic N) is 1. The molecule has 0 aromatic heterocycles. The summed E-state index contributed by atoms with van der Waals surface area (Å²) in [6, 6.07) is -0.437. The van der Waals surface area contributed by atoms with Gasteiger partial charge in [-0.3, -0.25) is 9.59 Å². The topological polar surface area (TPSA) is 83.9 Å². The standard InChI is InChI=1S/C12H15NO5S/c1-4-19-9-8(10(15)16)13-6(5-7(13)14)12(9,2)11(17)18-3/h6H,4-5H2,1-3H3,(H,15,16)/t6-,12?/m0/s1. The van der Waals surface area contributed by atoms with E-state index in [4.69, 9.17) is 4.74 Å². The van der Waals surface area contributed by atoms with E-state index in [-0.39, 0.29) is 18.0 Å². The highest BCUT2D eigenvalue weighted by Crippen LogP contribution is 2.55. The molecular weight excluding hydrogens is 270 g/mol. The summed E-state index contributed by atoms with van der Waals surface area (Å²) < 4.78 is 4.81. The number of carboxylic acids is 1. The molecule has 1 saturated heterocycles. The van der Waals surface area contributed by atoms with Gasteiger partial charge in [0.1, 0.15) is 11.1 Å². The Balaban J connectivity index is 2.57. The number of rotatable bonds is 4. The largest absolute Gasteiger partial charge is 0.477 e. The third-order valence-corrected chi connectivity index (χ3v) is 4.84. The van der Waals surface area contributed by atoms with E-state index < -0.39 is 23.4 Å². The highest BCUT2D eigenvalue weighted by molar-refractivity contribution is 8.03. The molecule has 0 aromatic carbocycles. The number of amides is 1. The van der Waals surface area contributed by atoms with Crippen molar-refractivity contribution >= 4 is 29.6 Å². The van der Waals surface area contributed by atoms with E-state index in [1.165, 1.54) is 23.8 Å². The summed E-state index contributed by atoms with van der Waals surface area (Å²) in [5, 5.41) is 9.32. The molecule has 19 heavy (non-hydrogen) atoms. The SMILES string of the molecule is CCSC1=C(C(=O)O)N2C(=O)C[C@H]2C1(C)C(=O)OC. The van der Waals surface area contributed by atoms with E-state index >= 15 is 0 Å². The van der Waals surface area contributed by atoms with Crippen molar-refractivity contribution in [3.63, 3.8) is 0 Å². The number of aliphatic carboxylic acids is 1. The average molecular weight is 285 g/mol. The van der Waals surface area contributed by atoms with Crippen LogP contribution < -0.4 is 0 Å². The second-order valence-electron chi connectivity index (χ2n) is 4.59. The molecule has 2 aliphatic heterocycles. The molecule has 1 N–H and O–H groups in total. The van der Waals surface area contributed by atoms with Crippen molar-refractivity contribution in [2.24, 2.45) is 5.41 Å². The molecule has 0 radical (unpaired) electrons. The number of esters is 1. The number of fused-ring (bicyclic) bond motifs is 1. The van der Waals surface area contributed by atoms with Gasteiger partial charge in [-0.2, -0.15) is 0 Å². The normalized spacial score (nSPS) is 29.1. The van der Waals surface area contributed by atoms with Crippen molar-refractivity contribution in [3.05, 3.63) is 10.6 Å². The quantitative estimate of drug-likeness (QED) is 0.608. The Bertz CT molecular complexity index is 500. The molecule has 2 heterocycles. The first-order valence-electron chi connectivity index (χ1n) is 5.90. The second kappa shape index (κ2) is 4.56. The fourth-order valence-corrected chi connectivity index (χ4v) is 3.80. The van der Waals surface area contributed by atoms with Gasteiger partial charge in [0.2, 0.25) is 5.91 Å². The third-order valence-electron chi connectivity index (χ3n) is 3.64. The maximum atomic E-state index is 12.1. The number of β-lactam (4-membered cyclic amide) rings is 1. The van der Waals surface area contributed by atoms with Crippen LogP contribution in [0.25, 0.3) is 0 Å². The summed E-state index contributed by atoms with van der Waals surface area (Å²) >= 11 is 1.28. The number of thioether (sulfide) groups is 1. The molecule has 0 aromatic rings. The van der Waals surface area contributed by atoms with Crippen molar-refractivity contribution in [3.8, 4) is 0 Å². The molecule has 0 bridgehead atoms. The number of hydrogen-bond donors (Lipinski definition) is 1. The molecule has 7 heteroatoms. The van der Waals surface area contributed by atoms with E-state index in [0.717, 1.165) is 0 Å². The Hall–Kier alpha value is -1.50. The summed E-state index contributed by atoms with van der Waals surface area (Å²) in [4.78, 5) is 36.8. The zero-order valence-electron chi connectivity index (χ0n) is 10.9. The van der Waals surface area contributed by atoms with Crippen LogP contribution in [0.1, 0.15) is 20.3 Å². The number of carbonyl (C=O) groups excluding carboxylic acids is 2. The second-order valence-corrected chi connectivity index (χ2v) is 5.87. The lowest BCUT2D eigenvalue weighted by Crippen LogP contribution is -2.57. The maximum Gasteiger partial charge on any atom is 0.353 e. The molecule has 2 aliphatic rings. The van der Waals surface area contributed by atoms with E-state index in [1.807, 2.05) is 6.92 Å². The van der Waals surface area contributed by atoms with Gasteiger partial charge >= 0.3 is 11.9 Å². The zero-order valence-corrected chi connectivity index (χ0v) is 11.7. The van der Waals surface area contributed by atoms with Crippen LogP contribution in [0.15, 0.2) is 10.6 Å². The lowest BCUT2D eigenvalue weighted by Gasteiger charge is -2.41. The predicted molar refractivity (Wildman–Crippen MR) is 68.2 cm³/mol. The Morgan fingerprint density at radius 3 is 2.63 bits per heavy atom. The summed E-state index contributed by atoms with van der Waals surface area (Å²) in [5.74, 6) is -1.32. The van der Waals surface area contributed by atoms with Gasteiger partial charge in [-0.15, -0.1) is 11.8 Å².